The Morgan fingerprint density at radius 3 is 2.36 bits per heavy atom. The Kier molecular flexibility index (Phi) is 6.25. The third kappa shape index (κ3) is 4.24. The minimum Gasteiger partial charge on any atom is -0.494 e. The summed E-state index contributed by atoms with van der Waals surface area (Å²) in [6.07, 6.45) is 3.23. The van der Waals surface area contributed by atoms with Gasteiger partial charge in [-0.15, -0.1) is 0 Å². The molecule has 1 saturated carbocycles. The van der Waals surface area contributed by atoms with Crippen LogP contribution < -0.4 is 16.0 Å². The van der Waals surface area contributed by atoms with E-state index in [-0.39, 0.29) is 40.1 Å². The van der Waals surface area contributed by atoms with Gasteiger partial charge >= 0.3 is 0 Å². The molecule has 8 heteroatoms. The van der Waals surface area contributed by atoms with E-state index in [9.17, 15) is 13.6 Å². The molecule has 0 atom stereocenters. The Labute approximate surface area is 190 Å². The summed E-state index contributed by atoms with van der Waals surface area (Å²) >= 11 is 0. The number of methoxy groups -OCH3 is 1. The normalized spacial score (nSPS) is 18.1. The maximum Gasteiger partial charge on any atom is 0.261 e. The summed E-state index contributed by atoms with van der Waals surface area (Å²) in [4.78, 5) is 18.4. The molecule has 4 rings (SSSR count). The van der Waals surface area contributed by atoms with E-state index in [4.69, 9.17) is 20.7 Å². The molecule has 1 fully saturated rings. The number of nitrogens with zero attached hydrogens (tertiary/aromatic N) is 3. The molecule has 33 heavy (non-hydrogen) atoms. The van der Waals surface area contributed by atoms with Gasteiger partial charge < -0.3 is 10.5 Å². The molecule has 1 aliphatic rings. The van der Waals surface area contributed by atoms with Crippen LogP contribution in [0.2, 0.25) is 0 Å². The van der Waals surface area contributed by atoms with Gasteiger partial charge in [-0.3, -0.25) is 9.36 Å². The second-order valence-electron chi connectivity index (χ2n) is 8.33. The summed E-state index contributed by atoms with van der Waals surface area (Å²) in [5, 5.41) is 9.09. The lowest BCUT2D eigenvalue weighted by Crippen LogP contribution is -2.31. The fourth-order valence-corrected chi connectivity index (χ4v) is 4.41. The molecule has 6 nitrogen and oxygen atoms in total. The quantitative estimate of drug-likeness (QED) is 0.641. The van der Waals surface area contributed by atoms with Crippen LogP contribution in [0.25, 0.3) is 22.4 Å². The summed E-state index contributed by atoms with van der Waals surface area (Å²) in [5.41, 5.74) is 6.61. The fraction of sp³-hybridized carbons (Fsp3) is 0.320. The Bertz CT molecular complexity index is 1300. The van der Waals surface area contributed by atoms with Crippen molar-refractivity contribution in [1.29, 1.82) is 5.26 Å². The van der Waals surface area contributed by atoms with Crippen molar-refractivity contribution in [3.8, 4) is 34.2 Å². The lowest BCUT2D eigenvalue weighted by atomic mass is 9.85. The summed E-state index contributed by atoms with van der Waals surface area (Å²) in [6, 6.07) is 10.2. The zero-order chi connectivity index (χ0) is 23.7. The highest BCUT2D eigenvalue weighted by Crippen LogP contribution is 2.35. The van der Waals surface area contributed by atoms with Crippen LogP contribution in [-0.4, -0.2) is 22.7 Å². The fourth-order valence-electron chi connectivity index (χ4n) is 4.41. The predicted molar refractivity (Wildman–Crippen MR) is 121 cm³/mol. The number of hydrogen-bond acceptors (Lipinski definition) is 5. The third-order valence-corrected chi connectivity index (χ3v) is 6.27. The number of nitriles is 1. The van der Waals surface area contributed by atoms with Gasteiger partial charge in [-0.1, -0.05) is 12.1 Å². The van der Waals surface area contributed by atoms with Gasteiger partial charge in [-0.25, -0.2) is 13.8 Å². The first kappa shape index (κ1) is 22.6. The lowest BCUT2D eigenvalue weighted by molar-refractivity contribution is 0.376. The second-order valence-corrected chi connectivity index (χ2v) is 8.33. The number of halogens is 2. The predicted octanol–water partition coefficient (Wildman–Crippen LogP) is 4.26. The van der Waals surface area contributed by atoms with Crippen LogP contribution in [0.4, 0.5) is 8.78 Å². The largest absolute Gasteiger partial charge is 0.494 e. The van der Waals surface area contributed by atoms with E-state index < -0.39 is 11.6 Å². The molecule has 0 saturated heterocycles. The minimum absolute atomic E-state index is 0.0335. The lowest BCUT2D eigenvalue weighted by Gasteiger charge is -2.27. The Balaban J connectivity index is 1.96. The number of rotatable bonds is 4. The monoisotopic (exact) mass is 450 g/mol. The van der Waals surface area contributed by atoms with Crippen LogP contribution in [0.1, 0.15) is 43.0 Å². The Hall–Kier alpha value is -3.57. The van der Waals surface area contributed by atoms with E-state index in [0.29, 0.717) is 17.0 Å². The number of ether oxygens (including phenoxy) is 1. The average Bonchev–Trinajstić information content (AvgIpc) is 2.81. The molecule has 170 valence electrons. The van der Waals surface area contributed by atoms with E-state index in [2.05, 4.69) is 0 Å². The van der Waals surface area contributed by atoms with Crippen molar-refractivity contribution in [2.24, 2.45) is 12.8 Å². The van der Waals surface area contributed by atoms with E-state index >= 15 is 0 Å². The van der Waals surface area contributed by atoms with Gasteiger partial charge in [0.1, 0.15) is 17.7 Å². The smallest absolute Gasteiger partial charge is 0.261 e. The van der Waals surface area contributed by atoms with Gasteiger partial charge in [-0.05, 0) is 55.5 Å². The van der Waals surface area contributed by atoms with Crippen molar-refractivity contribution >= 4 is 0 Å². The summed E-state index contributed by atoms with van der Waals surface area (Å²) in [6.45, 7) is 0. The van der Waals surface area contributed by atoms with E-state index in [1.165, 1.54) is 35.9 Å². The van der Waals surface area contributed by atoms with Gasteiger partial charge in [0.25, 0.3) is 5.56 Å². The van der Waals surface area contributed by atoms with Crippen LogP contribution in [0, 0.1) is 23.0 Å². The molecule has 0 bridgehead atoms. The molecule has 0 spiro atoms. The standard InChI is InChI=1S/C25H24F2N4O2/c1-31-24(14-5-8-18(29)9-6-14)30-23(16-3-4-17(13-28)19(26)12-16)22(25(31)32)15-7-10-21(33-2)20(27)11-15/h3-4,7,10-12,14,18H,5-6,8-9,29H2,1-2H3. The number of hydrogen-bond donors (Lipinski definition) is 1. The van der Waals surface area contributed by atoms with Crippen LogP contribution >= 0.6 is 0 Å². The molecule has 0 aliphatic heterocycles. The molecule has 1 aliphatic carbocycles. The molecule has 0 radical (unpaired) electrons. The highest BCUT2D eigenvalue weighted by Gasteiger charge is 2.27. The SMILES string of the molecule is COc1ccc(-c2c(-c3ccc(C#N)c(F)c3)nc(C3CCC(N)CC3)n(C)c2=O)cc1F. The molecule has 2 aromatic carbocycles. The molecule has 0 amide bonds. The first-order valence-corrected chi connectivity index (χ1v) is 10.7. The van der Waals surface area contributed by atoms with Crippen LogP contribution in [0.3, 0.4) is 0 Å². The second kappa shape index (κ2) is 9.12. The van der Waals surface area contributed by atoms with Gasteiger partial charge in [0.05, 0.1) is 23.9 Å². The highest BCUT2D eigenvalue weighted by atomic mass is 19.1. The topological polar surface area (TPSA) is 93.9 Å². The average molecular weight is 450 g/mol. The molecule has 3 aromatic rings. The van der Waals surface area contributed by atoms with Crippen molar-refractivity contribution in [3.63, 3.8) is 0 Å². The summed E-state index contributed by atoms with van der Waals surface area (Å²) in [7, 11) is 3.00. The minimum atomic E-state index is -0.713. The van der Waals surface area contributed by atoms with Gasteiger partial charge in [0, 0.05) is 24.6 Å². The van der Waals surface area contributed by atoms with Gasteiger partial charge in [0.15, 0.2) is 11.6 Å². The maximum atomic E-state index is 14.5. The van der Waals surface area contributed by atoms with Crippen molar-refractivity contribution in [2.75, 3.05) is 7.11 Å². The van der Waals surface area contributed by atoms with E-state index in [0.717, 1.165) is 25.7 Å². The van der Waals surface area contributed by atoms with Crippen molar-refractivity contribution in [3.05, 3.63) is 69.8 Å². The van der Waals surface area contributed by atoms with E-state index in [1.807, 2.05) is 0 Å². The Morgan fingerprint density at radius 1 is 1.09 bits per heavy atom. The summed E-state index contributed by atoms with van der Waals surface area (Å²) < 4.78 is 35.5. The number of aromatic nitrogens is 2. The zero-order valence-electron chi connectivity index (χ0n) is 18.4. The third-order valence-electron chi connectivity index (χ3n) is 6.27. The molecular weight excluding hydrogens is 426 g/mol. The molecule has 1 heterocycles. The summed E-state index contributed by atoms with van der Waals surface area (Å²) in [5.74, 6) is -0.672. The van der Waals surface area contributed by atoms with Crippen LogP contribution in [-0.2, 0) is 7.05 Å². The van der Waals surface area contributed by atoms with Gasteiger partial charge in [0.2, 0.25) is 0 Å². The molecule has 2 N–H and O–H groups in total. The molecule has 0 unspecified atom stereocenters. The molecular formula is C25H24F2N4O2. The van der Waals surface area contributed by atoms with Crippen LogP contribution in [0.5, 0.6) is 5.75 Å². The van der Waals surface area contributed by atoms with Crippen LogP contribution in [0.15, 0.2) is 41.2 Å². The number of benzene rings is 2. The van der Waals surface area contributed by atoms with Gasteiger partial charge in [-0.2, -0.15) is 5.26 Å². The zero-order valence-corrected chi connectivity index (χ0v) is 18.4. The molecule has 1 aromatic heterocycles. The first-order valence-electron chi connectivity index (χ1n) is 10.7. The highest BCUT2D eigenvalue weighted by molar-refractivity contribution is 5.80. The maximum absolute atomic E-state index is 14.5. The number of nitrogens with two attached hydrogens (primary N) is 1. The Morgan fingerprint density at radius 2 is 1.76 bits per heavy atom. The van der Waals surface area contributed by atoms with E-state index in [1.54, 1.807) is 25.2 Å². The van der Waals surface area contributed by atoms with Crippen molar-refractivity contribution in [2.45, 2.75) is 37.6 Å². The first-order chi connectivity index (χ1) is 15.8. The van der Waals surface area contributed by atoms with Crippen molar-refractivity contribution < 1.29 is 13.5 Å². The van der Waals surface area contributed by atoms with Crippen molar-refractivity contribution in [1.82, 2.24) is 9.55 Å².